The fourth-order valence-corrected chi connectivity index (χ4v) is 3.98. The van der Waals surface area contributed by atoms with Crippen LogP contribution in [0.25, 0.3) is 11.4 Å². The van der Waals surface area contributed by atoms with Gasteiger partial charge >= 0.3 is 0 Å². The van der Waals surface area contributed by atoms with Crippen LogP contribution in [0.4, 0.5) is 0 Å². The number of carbonyl (C=O) groups excluding carboxylic acids is 1. The van der Waals surface area contributed by atoms with Gasteiger partial charge in [-0.05, 0) is 24.3 Å². The van der Waals surface area contributed by atoms with Gasteiger partial charge in [-0.3, -0.25) is 9.69 Å². The molecule has 5 rings (SSSR count). The number of ether oxygens (including phenoxy) is 2. The van der Waals surface area contributed by atoms with Crippen molar-refractivity contribution in [2.24, 2.45) is 0 Å². The van der Waals surface area contributed by atoms with Crippen molar-refractivity contribution in [2.45, 2.75) is 6.54 Å². The Morgan fingerprint density at radius 2 is 1.58 bits per heavy atom. The molecule has 0 saturated heterocycles. The standard InChI is InChI=1S/C28H27N5O3/c1-32-14-15-33(20-21-18-30-26(31-19-21)22-8-3-2-4-9-22)16-17-35-24-11-5-6-12-25(24)36-27-23(28(32)34)10-7-13-29-27/h2-13,18-19H,14-17,20H2,1H3. The van der Waals surface area contributed by atoms with E-state index in [0.717, 1.165) is 11.1 Å². The highest BCUT2D eigenvalue weighted by atomic mass is 16.5. The molecule has 3 heterocycles. The van der Waals surface area contributed by atoms with E-state index < -0.39 is 0 Å². The Labute approximate surface area is 210 Å². The maximum Gasteiger partial charge on any atom is 0.259 e. The van der Waals surface area contributed by atoms with E-state index in [1.165, 1.54) is 0 Å². The van der Waals surface area contributed by atoms with E-state index in [9.17, 15) is 4.79 Å². The Morgan fingerprint density at radius 1 is 0.833 bits per heavy atom. The summed E-state index contributed by atoms with van der Waals surface area (Å²) in [7, 11) is 1.79. The van der Waals surface area contributed by atoms with Gasteiger partial charge in [-0.1, -0.05) is 42.5 Å². The first-order valence-corrected chi connectivity index (χ1v) is 11.9. The maximum atomic E-state index is 13.2. The monoisotopic (exact) mass is 481 g/mol. The van der Waals surface area contributed by atoms with E-state index in [0.29, 0.717) is 55.7 Å². The number of nitrogens with zero attached hydrogens (tertiary/aromatic N) is 5. The minimum Gasteiger partial charge on any atom is -0.488 e. The zero-order valence-electron chi connectivity index (χ0n) is 20.1. The molecule has 0 unspecified atom stereocenters. The number of amides is 1. The second-order valence-electron chi connectivity index (χ2n) is 8.54. The second kappa shape index (κ2) is 11.0. The number of para-hydroxylation sites is 2. The van der Waals surface area contributed by atoms with Crippen LogP contribution in [0.2, 0.25) is 0 Å². The number of hydrogen-bond donors (Lipinski definition) is 0. The Bertz CT molecular complexity index is 1310. The molecule has 1 aliphatic rings. The first-order valence-electron chi connectivity index (χ1n) is 11.9. The molecular formula is C28H27N5O3. The first kappa shape index (κ1) is 23.4. The second-order valence-corrected chi connectivity index (χ2v) is 8.54. The molecule has 182 valence electrons. The number of aromatic nitrogens is 3. The van der Waals surface area contributed by atoms with Crippen molar-refractivity contribution in [1.29, 1.82) is 0 Å². The lowest BCUT2D eigenvalue weighted by atomic mass is 10.2. The van der Waals surface area contributed by atoms with Crippen molar-refractivity contribution >= 4 is 5.91 Å². The van der Waals surface area contributed by atoms with Crippen molar-refractivity contribution in [3.63, 3.8) is 0 Å². The van der Waals surface area contributed by atoms with Crippen molar-refractivity contribution < 1.29 is 14.3 Å². The van der Waals surface area contributed by atoms with Crippen molar-refractivity contribution in [3.8, 4) is 28.8 Å². The molecule has 2 aromatic heterocycles. The maximum absolute atomic E-state index is 13.2. The summed E-state index contributed by atoms with van der Waals surface area (Å²) in [5.74, 6) is 1.93. The van der Waals surface area contributed by atoms with Gasteiger partial charge in [0, 0.05) is 62.9 Å². The topological polar surface area (TPSA) is 80.7 Å². The lowest BCUT2D eigenvalue weighted by Crippen LogP contribution is -2.38. The highest BCUT2D eigenvalue weighted by Gasteiger charge is 2.21. The van der Waals surface area contributed by atoms with Crippen LogP contribution >= 0.6 is 0 Å². The van der Waals surface area contributed by atoms with Crippen LogP contribution < -0.4 is 9.47 Å². The predicted molar refractivity (Wildman–Crippen MR) is 136 cm³/mol. The molecule has 0 spiro atoms. The molecular weight excluding hydrogens is 454 g/mol. The van der Waals surface area contributed by atoms with Gasteiger partial charge in [0.15, 0.2) is 17.3 Å². The molecule has 1 aliphatic heterocycles. The summed E-state index contributed by atoms with van der Waals surface area (Å²) in [6.07, 6.45) is 5.33. The number of carbonyl (C=O) groups is 1. The van der Waals surface area contributed by atoms with Gasteiger partial charge in [0.1, 0.15) is 12.2 Å². The van der Waals surface area contributed by atoms with Gasteiger partial charge in [-0.15, -0.1) is 0 Å². The molecule has 0 bridgehead atoms. The zero-order valence-corrected chi connectivity index (χ0v) is 20.1. The highest BCUT2D eigenvalue weighted by Crippen LogP contribution is 2.32. The Kier molecular flexibility index (Phi) is 7.14. The molecule has 8 heteroatoms. The van der Waals surface area contributed by atoms with E-state index in [2.05, 4.69) is 19.9 Å². The van der Waals surface area contributed by atoms with E-state index in [1.807, 2.05) is 67.0 Å². The zero-order chi connectivity index (χ0) is 24.7. The Hall–Kier alpha value is -4.30. The van der Waals surface area contributed by atoms with Gasteiger partial charge < -0.3 is 14.4 Å². The Morgan fingerprint density at radius 3 is 2.39 bits per heavy atom. The van der Waals surface area contributed by atoms with Crippen LogP contribution in [0, 0.1) is 0 Å². The fourth-order valence-electron chi connectivity index (χ4n) is 3.98. The number of benzene rings is 2. The smallest absolute Gasteiger partial charge is 0.259 e. The number of fused-ring (bicyclic) bond motifs is 2. The van der Waals surface area contributed by atoms with E-state index in [4.69, 9.17) is 9.47 Å². The Balaban J connectivity index is 1.36. The fraction of sp³-hybridized carbons (Fsp3) is 0.214. The molecule has 2 aromatic carbocycles. The lowest BCUT2D eigenvalue weighted by Gasteiger charge is -2.25. The summed E-state index contributed by atoms with van der Waals surface area (Å²) in [4.78, 5) is 30.6. The van der Waals surface area contributed by atoms with E-state index >= 15 is 0 Å². The van der Waals surface area contributed by atoms with Crippen LogP contribution in [-0.2, 0) is 6.54 Å². The molecule has 1 amide bonds. The van der Waals surface area contributed by atoms with Crippen LogP contribution in [0.5, 0.6) is 17.4 Å². The van der Waals surface area contributed by atoms with Crippen LogP contribution in [0.3, 0.4) is 0 Å². The number of hydrogen-bond acceptors (Lipinski definition) is 7. The normalized spacial score (nSPS) is 14.8. The summed E-state index contributed by atoms with van der Waals surface area (Å²) in [6.45, 7) is 2.93. The number of likely N-dealkylation sites (N-methyl/N-ethyl adjacent to an activating group) is 1. The van der Waals surface area contributed by atoms with Gasteiger partial charge in [0.2, 0.25) is 5.88 Å². The molecule has 0 saturated carbocycles. The molecule has 0 atom stereocenters. The summed E-state index contributed by atoms with van der Waals surface area (Å²) >= 11 is 0. The van der Waals surface area contributed by atoms with E-state index in [1.54, 1.807) is 30.3 Å². The molecule has 8 nitrogen and oxygen atoms in total. The summed E-state index contributed by atoms with van der Waals surface area (Å²) < 4.78 is 12.1. The van der Waals surface area contributed by atoms with E-state index in [-0.39, 0.29) is 11.8 Å². The minimum absolute atomic E-state index is 0.147. The minimum atomic E-state index is -0.147. The van der Waals surface area contributed by atoms with Crippen molar-refractivity contribution in [2.75, 3.05) is 33.3 Å². The van der Waals surface area contributed by atoms with Gasteiger partial charge in [-0.2, -0.15) is 0 Å². The molecule has 0 fully saturated rings. The largest absolute Gasteiger partial charge is 0.488 e. The van der Waals surface area contributed by atoms with Crippen LogP contribution in [0.15, 0.2) is 85.3 Å². The third kappa shape index (κ3) is 5.50. The average Bonchev–Trinajstić information content (AvgIpc) is 2.93. The summed E-state index contributed by atoms with van der Waals surface area (Å²) in [5.41, 5.74) is 2.38. The SMILES string of the molecule is CN1CCN(Cc2cnc(-c3ccccc3)nc2)CCOc2ccccc2Oc2ncccc2C1=O. The summed E-state index contributed by atoms with van der Waals surface area (Å²) in [5, 5.41) is 0. The van der Waals surface area contributed by atoms with Crippen LogP contribution in [0.1, 0.15) is 15.9 Å². The number of pyridine rings is 1. The molecule has 0 aliphatic carbocycles. The third-order valence-corrected chi connectivity index (χ3v) is 5.96. The van der Waals surface area contributed by atoms with Crippen molar-refractivity contribution in [1.82, 2.24) is 24.8 Å². The van der Waals surface area contributed by atoms with Crippen molar-refractivity contribution in [3.05, 3.63) is 96.4 Å². The van der Waals surface area contributed by atoms with Gasteiger partial charge in [0.05, 0.1) is 0 Å². The third-order valence-electron chi connectivity index (χ3n) is 5.96. The van der Waals surface area contributed by atoms with Gasteiger partial charge in [-0.25, -0.2) is 15.0 Å². The molecule has 0 radical (unpaired) electrons. The molecule has 36 heavy (non-hydrogen) atoms. The first-order chi connectivity index (χ1) is 17.7. The predicted octanol–water partition coefficient (Wildman–Crippen LogP) is 4.30. The average molecular weight is 482 g/mol. The lowest BCUT2D eigenvalue weighted by molar-refractivity contribution is 0.0770. The summed E-state index contributed by atoms with van der Waals surface area (Å²) in [6, 6.07) is 20.8. The molecule has 4 aromatic rings. The van der Waals surface area contributed by atoms with Gasteiger partial charge in [0.25, 0.3) is 5.91 Å². The van der Waals surface area contributed by atoms with Crippen LogP contribution in [-0.4, -0.2) is 63.9 Å². The number of rotatable bonds is 3. The highest BCUT2D eigenvalue weighted by molar-refractivity contribution is 5.96. The molecule has 0 N–H and O–H groups in total. The quantitative estimate of drug-likeness (QED) is 0.432.